The highest BCUT2D eigenvalue weighted by Crippen LogP contribution is 2.22. The molecule has 1 aliphatic heterocycles. The van der Waals surface area contributed by atoms with Gasteiger partial charge in [-0.1, -0.05) is 5.16 Å². The smallest absolute Gasteiger partial charge is 0.276 e. The lowest BCUT2D eigenvalue weighted by Crippen LogP contribution is -2.31. The molecule has 3 aromatic rings. The lowest BCUT2D eigenvalue weighted by molar-refractivity contribution is 0.216. The number of fused-ring (bicyclic) bond motifs is 1. The van der Waals surface area contributed by atoms with Crippen LogP contribution >= 0.6 is 0 Å². The number of aromatic nitrogens is 5. The van der Waals surface area contributed by atoms with Gasteiger partial charge in [-0.25, -0.2) is 9.50 Å². The molecule has 1 aliphatic rings. The summed E-state index contributed by atoms with van der Waals surface area (Å²) in [5.74, 6) is 1.91. The lowest BCUT2D eigenvalue weighted by atomic mass is 9.94. The maximum atomic E-state index is 5.46. The highest BCUT2D eigenvalue weighted by atomic mass is 16.5. The van der Waals surface area contributed by atoms with Crippen LogP contribution in [0.4, 0.5) is 0 Å². The largest absolute Gasteiger partial charge is 0.332 e. The Morgan fingerprint density at radius 3 is 2.75 bits per heavy atom. The molecule has 4 heterocycles. The lowest BCUT2D eigenvalue weighted by Gasteiger charge is -2.27. The van der Waals surface area contributed by atoms with Gasteiger partial charge in [0.15, 0.2) is 11.5 Å². The Balaban J connectivity index is 1.56. The van der Waals surface area contributed by atoms with Crippen LogP contribution in [0.15, 0.2) is 16.7 Å². The normalized spacial score (nSPS) is 17.0. The minimum atomic E-state index is 0.488. The summed E-state index contributed by atoms with van der Waals surface area (Å²) in [6.07, 6.45) is 3.27. The number of aryl methyl sites for hydroxylation is 2. The van der Waals surface area contributed by atoms with Crippen molar-refractivity contribution in [2.75, 3.05) is 20.1 Å². The maximum Gasteiger partial charge on any atom is 0.276 e. The highest BCUT2D eigenvalue weighted by molar-refractivity contribution is 5.54. The van der Waals surface area contributed by atoms with Crippen molar-refractivity contribution >= 4 is 5.65 Å². The molecule has 4 rings (SSSR count). The van der Waals surface area contributed by atoms with Gasteiger partial charge < -0.3 is 9.42 Å². The fraction of sp³-hybridized carbons (Fsp3) is 0.529. The van der Waals surface area contributed by atoms with Crippen LogP contribution in [0.3, 0.4) is 0 Å². The zero-order valence-electron chi connectivity index (χ0n) is 14.4. The molecular weight excluding hydrogens is 304 g/mol. The van der Waals surface area contributed by atoms with Crippen molar-refractivity contribution < 1.29 is 4.52 Å². The van der Waals surface area contributed by atoms with Crippen LogP contribution in [0.25, 0.3) is 17.2 Å². The summed E-state index contributed by atoms with van der Waals surface area (Å²) < 4.78 is 7.29. The Kier molecular flexibility index (Phi) is 3.80. The van der Waals surface area contributed by atoms with Crippen LogP contribution in [0.2, 0.25) is 0 Å². The summed E-state index contributed by atoms with van der Waals surface area (Å²) in [5, 5.41) is 8.58. The van der Waals surface area contributed by atoms with Crippen molar-refractivity contribution in [3.05, 3.63) is 29.3 Å². The third kappa shape index (κ3) is 2.91. The number of likely N-dealkylation sites (tertiary alicyclic amines) is 1. The zero-order chi connectivity index (χ0) is 16.7. The Morgan fingerprint density at radius 1 is 1.17 bits per heavy atom. The van der Waals surface area contributed by atoms with E-state index in [1.807, 2.05) is 30.5 Å². The van der Waals surface area contributed by atoms with E-state index in [2.05, 4.69) is 32.2 Å². The average Bonchev–Trinajstić information content (AvgIpc) is 3.16. The number of hydrogen-bond acceptors (Lipinski definition) is 6. The first-order chi connectivity index (χ1) is 11.6. The predicted molar refractivity (Wildman–Crippen MR) is 89.7 cm³/mol. The molecular formula is C17H22N6O. The summed E-state index contributed by atoms with van der Waals surface area (Å²) in [4.78, 5) is 11.5. The Labute approximate surface area is 140 Å². The molecule has 0 amide bonds. The van der Waals surface area contributed by atoms with Gasteiger partial charge in [0.1, 0.15) is 5.69 Å². The molecule has 0 aromatic carbocycles. The Hall–Kier alpha value is -2.28. The average molecular weight is 326 g/mol. The molecule has 7 heteroatoms. The summed E-state index contributed by atoms with van der Waals surface area (Å²) in [6.45, 7) is 6.25. The summed E-state index contributed by atoms with van der Waals surface area (Å²) in [6, 6.07) is 3.89. The number of nitrogens with zero attached hydrogens (tertiary/aromatic N) is 6. The molecule has 0 N–H and O–H groups in total. The van der Waals surface area contributed by atoms with Crippen molar-refractivity contribution in [2.45, 2.75) is 33.1 Å². The Bertz CT molecular complexity index is 859. The number of piperidine rings is 1. The quantitative estimate of drug-likeness (QED) is 0.735. The minimum absolute atomic E-state index is 0.488. The third-order valence-electron chi connectivity index (χ3n) is 4.72. The van der Waals surface area contributed by atoms with Gasteiger partial charge in [-0.3, -0.25) is 0 Å². The van der Waals surface area contributed by atoms with Gasteiger partial charge in [-0.15, -0.1) is 0 Å². The van der Waals surface area contributed by atoms with E-state index in [0.29, 0.717) is 17.5 Å². The first-order valence-electron chi connectivity index (χ1n) is 8.44. The van der Waals surface area contributed by atoms with Crippen molar-refractivity contribution in [3.63, 3.8) is 0 Å². The van der Waals surface area contributed by atoms with Crippen LogP contribution in [0.5, 0.6) is 0 Å². The molecule has 0 atom stereocenters. The van der Waals surface area contributed by atoms with E-state index in [0.717, 1.165) is 42.4 Å². The van der Waals surface area contributed by atoms with Gasteiger partial charge in [0, 0.05) is 18.2 Å². The van der Waals surface area contributed by atoms with E-state index in [4.69, 9.17) is 4.52 Å². The van der Waals surface area contributed by atoms with E-state index >= 15 is 0 Å². The molecule has 0 saturated carbocycles. The molecule has 7 nitrogen and oxygen atoms in total. The second-order valence-corrected chi connectivity index (χ2v) is 6.81. The fourth-order valence-corrected chi connectivity index (χ4v) is 3.31. The molecule has 126 valence electrons. The van der Waals surface area contributed by atoms with E-state index < -0.39 is 0 Å². The zero-order valence-corrected chi connectivity index (χ0v) is 14.4. The molecule has 0 spiro atoms. The first-order valence-corrected chi connectivity index (χ1v) is 8.44. The second-order valence-electron chi connectivity index (χ2n) is 6.81. The first kappa shape index (κ1) is 15.3. The SMILES string of the molecule is Cc1cc2nc(-c3nc(CC4CCN(C)CC4)no3)cc(C)n2n1. The molecule has 1 saturated heterocycles. The van der Waals surface area contributed by atoms with Crippen molar-refractivity contribution in [2.24, 2.45) is 5.92 Å². The van der Waals surface area contributed by atoms with Gasteiger partial charge in [0.05, 0.1) is 5.69 Å². The molecule has 0 radical (unpaired) electrons. The van der Waals surface area contributed by atoms with Gasteiger partial charge >= 0.3 is 0 Å². The molecule has 1 fully saturated rings. The van der Waals surface area contributed by atoms with Gasteiger partial charge in [-0.05, 0) is 58.8 Å². The van der Waals surface area contributed by atoms with E-state index in [9.17, 15) is 0 Å². The standard InChI is InChI=1S/C17H22N6O/c1-11-8-16-18-14(9-12(2)23(16)20-11)17-19-15(21-24-17)10-13-4-6-22(3)7-5-13/h8-9,13H,4-7,10H2,1-3H3. The van der Waals surface area contributed by atoms with Crippen LogP contribution in [0.1, 0.15) is 30.1 Å². The van der Waals surface area contributed by atoms with Crippen LogP contribution in [0, 0.1) is 19.8 Å². The van der Waals surface area contributed by atoms with Crippen molar-refractivity contribution in [1.29, 1.82) is 0 Å². The molecule has 24 heavy (non-hydrogen) atoms. The van der Waals surface area contributed by atoms with Gasteiger partial charge in [-0.2, -0.15) is 10.1 Å². The third-order valence-corrected chi connectivity index (χ3v) is 4.72. The number of hydrogen-bond donors (Lipinski definition) is 0. The molecule has 0 aliphatic carbocycles. The van der Waals surface area contributed by atoms with Crippen LogP contribution in [-0.4, -0.2) is 49.8 Å². The minimum Gasteiger partial charge on any atom is -0.332 e. The number of rotatable bonds is 3. The monoisotopic (exact) mass is 326 g/mol. The van der Waals surface area contributed by atoms with E-state index in [1.165, 1.54) is 12.8 Å². The topological polar surface area (TPSA) is 72.4 Å². The van der Waals surface area contributed by atoms with E-state index in [1.54, 1.807) is 0 Å². The van der Waals surface area contributed by atoms with Gasteiger partial charge in [0.25, 0.3) is 5.89 Å². The predicted octanol–water partition coefficient (Wildman–Crippen LogP) is 2.28. The Morgan fingerprint density at radius 2 is 1.96 bits per heavy atom. The van der Waals surface area contributed by atoms with Crippen LogP contribution < -0.4 is 0 Å². The van der Waals surface area contributed by atoms with Gasteiger partial charge in [0.2, 0.25) is 0 Å². The van der Waals surface area contributed by atoms with Crippen molar-refractivity contribution in [1.82, 2.24) is 29.6 Å². The molecule has 3 aromatic heterocycles. The molecule has 0 unspecified atom stereocenters. The van der Waals surface area contributed by atoms with Crippen molar-refractivity contribution in [3.8, 4) is 11.6 Å². The highest BCUT2D eigenvalue weighted by Gasteiger charge is 2.20. The summed E-state index contributed by atoms with van der Waals surface area (Å²) in [5.41, 5.74) is 3.45. The van der Waals surface area contributed by atoms with Crippen LogP contribution in [-0.2, 0) is 6.42 Å². The summed E-state index contributed by atoms with van der Waals surface area (Å²) in [7, 11) is 2.17. The second kappa shape index (κ2) is 5.98. The summed E-state index contributed by atoms with van der Waals surface area (Å²) >= 11 is 0. The molecule has 0 bridgehead atoms. The maximum absolute atomic E-state index is 5.46. The van der Waals surface area contributed by atoms with E-state index in [-0.39, 0.29) is 0 Å². The fourth-order valence-electron chi connectivity index (χ4n) is 3.31.